The van der Waals surface area contributed by atoms with Crippen molar-refractivity contribution in [1.82, 2.24) is 15.3 Å². The second kappa shape index (κ2) is 11.4. The summed E-state index contributed by atoms with van der Waals surface area (Å²) in [6.07, 6.45) is -0.484. The quantitative estimate of drug-likeness (QED) is 0.404. The Labute approximate surface area is 216 Å². The highest BCUT2D eigenvalue weighted by molar-refractivity contribution is 7.92. The number of nitrogens with one attached hydrogen (secondary N) is 3. The molecule has 2 amide bonds. The van der Waals surface area contributed by atoms with Crippen molar-refractivity contribution in [3.63, 3.8) is 0 Å². The zero-order valence-corrected chi connectivity index (χ0v) is 22.2. The molecule has 0 saturated heterocycles. The Hall–Kier alpha value is -3.99. The molecule has 0 radical (unpaired) electrons. The van der Waals surface area contributed by atoms with E-state index < -0.39 is 33.7 Å². The fourth-order valence-electron chi connectivity index (χ4n) is 3.41. The highest BCUT2D eigenvalue weighted by Gasteiger charge is 2.25. The standard InChI is InChI=1S/C26H31N5O5S/c1-17-15-18(2)28-24(27-17)31-37(34,35)21-13-11-20(12-14-21)29-23(32)22(16-19-9-7-6-8-10-19)30-25(33)36-26(3,4)5/h6-15,22H,16H2,1-5H3,(H,29,32)(H,30,33)(H,27,28,31)/t22-/m0/s1. The Morgan fingerprint density at radius 3 is 2.11 bits per heavy atom. The number of benzene rings is 2. The van der Waals surface area contributed by atoms with Gasteiger partial charge in [0.2, 0.25) is 11.9 Å². The predicted octanol–water partition coefficient (Wildman–Crippen LogP) is 3.97. The van der Waals surface area contributed by atoms with Crippen molar-refractivity contribution in [3.05, 3.63) is 77.6 Å². The molecule has 1 aromatic heterocycles. The van der Waals surface area contributed by atoms with Gasteiger partial charge in [0.1, 0.15) is 11.6 Å². The first-order chi connectivity index (χ1) is 17.3. The van der Waals surface area contributed by atoms with E-state index in [0.717, 1.165) is 5.56 Å². The van der Waals surface area contributed by atoms with Crippen LogP contribution in [-0.4, -0.2) is 42.0 Å². The molecule has 0 aliphatic heterocycles. The highest BCUT2D eigenvalue weighted by Crippen LogP contribution is 2.18. The van der Waals surface area contributed by atoms with Gasteiger partial charge in [-0.25, -0.2) is 27.9 Å². The minimum Gasteiger partial charge on any atom is -0.444 e. The first kappa shape index (κ1) is 27.6. The van der Waals surface area contributed by atoms with E-state index in [4.69, 9.17) is 4.74 Å². The molecule has 3 N–H and O–H groups in total. The number of rotatable bonds is 8. The van der Waals surface area contributed by atoms with E-state index >= 15 is 0 Å². The van der Waals surface area contributed by atoms with Gasteiger partial charge in [-0.1, -0.05) is 30.3 Å². The van der Waals surface area contributed by atoms with Gasteiger partial charge in [0, 0.05) is 23.5 Å². The average Bonchev–Trinajstić information content (AvgIpc) is 2.77. The summed E-state index contributed by atoms with van der Waals surface area (Å²) in [7, 11) is -3.94. The third kappa shape index (κ3) is 8.57. The lowest BCUT2D eigenvalue weighted by molar-refractivity contribution is -0.118. The molecule has 11 heteroatoms. The summed E-state index contributed by atoms with van der Waals surface area (Å²) in [6.45, 7) is 8.68. The van der Waals surface area contributed by atoms with E-state index in [1.807, 2.05) is 30.3 Å². The summed E-state index contributed by atoms with van der Waals surface area (Å²) >= 11 is 0. The van der Waals surface area contributed by atoms with Crippen LogP contribution in [0.3, 0.4) is 0 Å². The second-order valence-corrected chi connectivity index (χ2v) is 11.2. The van der Waals surface area contributed by atoms with Crippen LogP contribution in [0.2, 0.25) is 0 Å². The van der Waals surface area contributed by atoms with Gasteiger partial charge in [-0.05, 0) is 70.5 Å². The molecular formula is C26H31N5O5S. The molecule has 0 bridgehead atoms. The van der Waals surface area contributed by atoms with Crippen molar-refractivity contribution in [2.45, 2.75) is 57.6 Å². The maximum Gasteiger partial charge on any atom is 0.408 e. The van der Waals surface area contributed by atoms with Crippen LogP contribution in [0.5, 0.6) is 0 Å². The van der Waals surface area contributed by atoms with Crippen LogP contribution in [-0.2, 0) is 26.0 Å². The van der Waals surface area contributed by atoms with Gasteiger partial charge in [0.15, 0.2) is 0 Å². The summed E-state index contributed by atoms with van der Waals surface area (Å²) in [4.78, 5) is 33.6. The zero-order valence-electron chi connectivity index (χ0n) is 21.4. The van der Waals surface area contributed by atoms with Crippen molar-refractivity contribution in [2.75, 3.05) is 10.0 Å². The van der Waals surface area contributed by atoms with Gasteiger partial charge in [0.05, 0.1) is 4.90 Å². The van der Waals surface area contributed by atoms with E-state index in [1.165, 1.54) is 24.3 Å². The number of carbonyl (C=O) groups excluding carboxylic acids is 2. The third-order valence-corrected chi connectivity index (χ3v) is 6.27. The lowest BCUT2D eigenvalue weighted by Gasteiger charge is -2.23. The number of amides is 2. The number of carbonyl (C=O) groups is 2. The molecule has 10 nitrogen and oxygen atoms in total. The number of hydrogen-bond donors (Lipinski definition) is 3. The van der Waals surface area contributed by atoms with Crippen LogP contribution in [0.4, 0.5) is 16.4 Å². The van der Waals surface area contributed by atoms with Crippen LogP contribution in [0.1, 0.15) is 37.7 Å². The Kier molecular flexibility index (Phi) is 8.49. The highest BCUT2D eigenvalue weighted by atomic mass is 32.2. The van der Waals surface area contributed by atoms with Gasteiger partial charge < -0.3 is 15.4 Å². The molecule has 0 fully saturated rings. The van der Waals surface area contributed by atoms with Crippen molar-refractivity contribution in [2.24, 2.45) is 0 Å². The summed E-state index contributed by atoms with van der Waals surface area (Å²) < 4.78 is 33.2. The zero-order chi connectivity index (χ0) is 27.2. The minimum absolute atomic E-state index is 0.0214. The van der Waals surface area contributed by atoms with Crippen LogP contribution in [0, 0.1) is 13.8 Å². The molecule has 2 aromatic carbocycles. The van der Waals surface area contributed by atoms with Crippen LogP contribution in [0.25, 0.3) is 0 Å². The van der Waals surface area contributed by atoms with Crippen molar-refractivity contribution >= 4 is 33.7 Å². The van der Waals surface area contributed by atoms with Crippen molar-refractivity contribution < 1.29 is 22.7 Å². The van der Waals surface area contributed by atoms with Crippen LogP contribution < -0.4 is 15.4 Å². The fourth-order valence-corrected chi connectivity index (χ4v) is 4.35. The maximum absolute atomic E-state index is 13.1. The summed E-state index contributed by atoms with van der Waals surface area (Å²) in [5, 5.41) is 5.35. The number of ether oxygens (including phenoxy) is 1. The smallest absolute Gasteiger partial charge is 0.408 e. The lowest BCUT2D eigenvalue weighted by atomic mass is 10.1. The molecule has 0 spiro atoms. The van der Waals surface area contributed by atoms with Gasteiger partial charge in [-0.15, -0.1) is 0 Å². The predicted molar refractivity (Wildman–Crippen MR) is 141 cm³/mol. The first-order valence-electron chi connectivity index (χ1n) is 11.6. The topological polar surface area (TPSA) is 139 Å². The Morgan fingerprint density at radius 1 is 0.946 bits per heavy atom. The summed E-state index contributed by atoms with van der Waals surface area (Å²) in [5.74, 6) is -0.501. The van der Waals surface area contributed by atoms with Crippen molar-refractivity contribution in [1.29, 1.82) is 0 Å². The molecule has 0 aliphatic rings. The molecule has 3 rings (SSSR count). The molecule has 196 valence electrons. The number of alkyl carbamates (subject to hydrolysis) is 1. The van der Waals surface area contributed by atoms with Gasteiger partial charge in [-0.2, -0.15) is 0 Å². The second-order valence-electron chi connectivity index (χ2n) is 9.48. The van der Waals surface area contributed by atoms with Gasteiger partial charge in [0.25, 0.3) is 10.0 Å². The SMILES string of the molecule is Cc1cc(C)nc(NS(=O)(=O)c2ccc(NC(=O)[C@H](Cc3ccccc3)NC(=O)OC(C)(C)C)cc2)n1. The normalized spacial score (nSPS) is 12.4. The Morgan fingerprint density at radius 2 is 1.54 bits per heavy atom. The van der Waals surface area contributed by atoms with Gasteiger partial charge >= 0.3 is 6.09 Å². The number of hydrogen-bond acceptors (Lipinski definition) is 7. The molecule has 1 heterocycles. The average molecular weight is 526 g/mol. The van der Waals surface area contributed by atoms with E-state index in [2.05, 4.69) is 25.3 Å². The van der Waals surface area contributed by atoms with E-state index in [1.54, 1.807) is 40.7 Å². The Balaban J connectivity index is 1.73. The molecule has 1 atom stereocenters. The number of sulfonamides is 1. The number of nitrogens with zero attached hydrogens (tertiary/aromatic N) is 2. The molecule has 3 aromatic rings. The fraction of sp³-hybridized carbons (Fsp3) is 0.308. The van der Waals surface area contributed by atoms with Gasteiger partial charge in [-0.3, -0.25) is 4.79 Å². The van der Waals surface area contributed by atoms with E-state index in [-0.39, 0.29) is 17.3 Å². The largest absolute Gasteiger partial charge is 0.444 e. The number of aromatic nitrogens is 2. The van der Waals surface area contributed by atoms with Crippen LogP contribution >= 0.6 is 0 Å². The van der Waals surface area contributed by atoms with E-state index in [0.29, 0.717) is 17.1 Å². The molecule has 37 heavy (non-hydrogen) atoms. The minimum atomic E-state index is -3.94. The molecule has 0 saturated carbocycles. The van der Waals surface area contributed by atoms with Crippen molar-refractivity contribution in [3.8, 4) is 0 Å². The van der Waals surface area contributed by atoms with E-state index in [9.17, 15) is 18.0 Å². The maximum atomic E-state index is 13.1. The van der Waals surface area contributed by atoms with Crippen LogP contribution in [0.15, 0.2) is 65.6 Å². The molecular weight excluding hydrogens is 494 g/mol. The lowest BCUT2D eigenvalue weighted by Crippen LogP contribution is -2.47. The number of aryl methyl sites for hydroxylation is 2. The number of anilines is 2. The monoisotopic (exact) mass is 525 g/mol. The molecule has 0 aliphatic carbocycles. The summed E-state index contributed by atoms with van der Waals surface area (Å²) in [5.41, 5.74) is 1.74. The Bertz CT molecular complexity index is 1330. The third-order valence-electron chi connectivity index (χ3n) is 4.93. The first-order valence-corrected chi connectivity index (χ1v) is 13.1. The summed E-state index contributed by atoms with van der Waals surface area (Å²) in [6, 6.07) is 15.7. The molecule has 0 unspecified atom stereocenters.